The number of aliphatic hydroxyl groups excluding tert-OH is 1. The lowest BCUT2D eigenvalue weighted by molar-refractivity contribution is 0.0971. The molecule has 3 fully saturated rings. The highest BCUT2D eigenvalue weighted by atomic mass is 19.1. The molecule has 2 N–H and O–H groups in total. The molecule has 4 aliphatic rings. The molecule has 1 spiro atoms. The summed E-state index contributed by atoms with van der Waals surface area (Å²) in [6.45, 7) is 4.45. The predicted molar refractivity (Wildman–Crippen MR) is 145 cm³/mol. The van der Waals surface area contributed by atoms with Gasteiger partial charge in [0.2, 0.25) is 5.95 Å². The van der Waals surface area contributed by atoms with Gasteiger partial charge < -0.3 is 15.0 Å². The van der Waals surface area contributed by atoms with Crippen LogP contribution < -0.4 is 5.32 Å². The number of anilines is 2. The Labute approximate surface area is 229 Å². The first-order valence-electron chi connectivity index (χ1n) is 14.0. The lowest BCUT2D eigenvalue weighted by Gasteiger charge is -2.37. The molecule has 1 aromatic carbocycles. The summed E-state index contributed by atoms with van der Waals surface area (Å²) in [4.78, 5) is 22.3. The third kappa shape index (κ3) is 4.06. The SMILES string of the molecule is O[C@@H]1C[C@H]2CN(Cc3ccc(Nc4ncc(F)c(-c5cc(F)c6nc7n(c6c5)C5(CC7)CC5)n4)nc3)CCN2C1. The van der Waals surface area contributed by atoms with E-state index >= 15 is 4.39 Å². The van der Waals surface area contributed by atoms with Crippen LogP contribution in [-0.2, 0) is 18.5 Å². The summed E-state index contributed by atoms with van der Waals surface area (Å²) >= 11 is 0. The maximum atomic E-state index is 15.1. The minimum atomic E-state index is -0.621. The number of imidazole rings is 1. The summed E-state index contributed by atoms with van der Waals surface area (Å²) in [5, 5.41) is 13.0. The van der Waals surface area contributed by atoms with Crippen LogP contribution in [0.5, 0.6) is 0 Å². The van der Waals surface area contributed by atoms with Crippen molar-refractivity contribution >= 4 is 22.8 Å². The van der Waals surface area contributed by atoms with E-state index in [4.69, 9.17) is 0 Å². The number of halogens is 2. The minimum Gasteiger partial charge on any atom is -0.392 e. The van der Waals surface area contributed by atoms with Crippen LogP contribution in [0.4, 0.5) is 20.5 Å². The zero-order valence-corrected chi connectivity index (χ0v) is 22.0. The van der Waals surface area contributed by atoms with E-state index in [0.717, 1.165) is 82.4 Å². The third-order valence-electron chi connectivity index (χ3n) is 9.07. The van der Waals surface area contributed by atoms with Crippen molar-refractivity contribution in [3.63, 3.8) is 0 Å². The van der Waals surface area contributed by atoms with Gasteiger partial charge in [-0.15, -0.1) is 0 Å². The number of aryl methyl sites for hydroxylation is 1. The van der Waals surface area contributed by atoms with Crippen molar-refractivity contribution in [2.75, 3.05) is 31.5 Å². The molecular formula is C29H30F2N8O. The molecule has 206 valence electrons. The quantitative estimate of drug-likeness (QED) is 0.394. The van der Waals surface area contributed by atoms with Crippen LogP contribution in [0, 0.1) is 11.6 Å². The van der Waals surface area contributed by atoms with Crippen molar-refractivity contribution in [3.8, 4) is 11.3 Å². The number of benzene rings is 1. The second kappa shape index (κ2) is 8.98. The second-order valence-corrected chi connectivity index (χ2v) is 11.8. The lowest BCUT2D eigenvalue weighted by atomic mass is 10.1. The van der Waals surface area contributed by atoms with Crippen molar-refractivity contribution in [2.45, 2.75) is 56.3 Å². The zero-order chi connectivity index (χ0) is 27.0. The fourth-order valence-corrected chi connectivity index (χ4v) is 6.91. The average molecular weight is 545 g/mol. The smallest absolute Gasteiger partial charge is 0.229 e. The van der Waals surface area contributed by atoms with Crippen molar-refractivity contribution < 1.29 is 13.9 Å². The number of fused-ring (bicyclic) bond motifs is 5. The normalized spacial score (nSPS) is 23.6. The lowest BCUT2D eigenvalue weighted by Crippen LogP contribution is -2.49. The van der Waals surface area contributed by atoms with E-state index in [-0.39, 0.29) is 23.3 Å². The maximum Gasteiger partial charge on any atom is 0.229 e. The molecule has 1 saturated carbocycles. The van der Waals surface area contributed by atoms with Crippen molar-refractivity contribution in [2.24, 2.45) is 0 Å². The summed E-state index contributed by atoms with van der Waals surface area (Å²) in [7, 11) is 0. The monoisotopic (exact) mass is 544 g/mol. The highest BCUT2D eigenvalue weighted by Crippen LogP contribution is 2.53. The first-order valence-corrected chi connectivity index (χ1v) is 14.0. The molecule has 6 heterocycles. The highest BCUT2D eigenvalue weighted by Gasteiger charge is 2.50. The van der Waals surface area contributed by atoms with E-state index in [2.05, 4.69) is 39.6 Å². The number of hydrogen-bond donors (Lipinski definition) is 2. The molecule has 1 aliphatic carbocycles. The van der Waals surface area contributed by atoms with E-state index in [0.29, 0.717) is 28.5 Å². The molecule has 3 aliphatic heterocycles. The van der Waals surface area contributed by atoms with Gasteiger partial charge in [-0.2, -0.15) is 0 Å². The molecule has 0 bridgehead atoms. The largest absolute Gasteiger partial charge is 0.392 e. The molecule has 4 aromatic rings. The minimum absolute atomic E-state index is 0.0319. The molecule has 2 atom stereocenters. The molecule has 0 amide bonds. The summed E-state index contributed by atoms with van der Waals surface area (Å²) in [5.41, 5.74) is 2.57. The van der Waals surface area contributed by atoms with Gasteiger partial charge in [0, 0.05) is 62.5 Å². The number of pyridine rings is 1. The summed E-state index contributed by atoms with van der Waals surface area (Å²) in [6.07, 6.45) is 7.55. The number of hydrogen-bond acceptors (Lipinski definition) is 8. The van der Waals surface area contributed by atoms with Gasteiger partial charge in [0.15, 0.2) is 11.6 Å². The van der Waals surface area contributed by atoms with E-state index < -0.39 is 11.6 Å². The fraction of sp³-hybridized carbons (Fsp3) is 0.448. The van der Waals surface area contributed by atoms with Crippen LogP contribution in [0.1, 0.15) is 37.1 Å². The number of aliphatic hydroxyl groups is 1. The molecular weight excluding hydrogens is 514 g/mol. The van der Waals surface area contributed by atoms with Crippen LogP contribution in [0.2, 0.25) is 0 Å². The first kappa shape index (κ1) is 24.3. The molecule has 0 radical (unpaired) electrons. The van der Waals surface area contributed by atoms with Crippen LogP contribution in [0.25, 0.3) is 22.3 Å². The Morgan fingerprint density at radius 2 is 1.90 bits per heavy atom. The van der Waals surface area contributed by atoms with E-state index in [1.54, 1.807) is 6.07 Å². The molecule has 0 unspecified atom stereocenters. The van der Waals surface area contributed by atoms with Gasteiger partial charge in [-0.1, -0.05) is 6.07 Å². The number of piperazine rings is 1. The van der Waals surface area contributed by atoms with Crippen LogP contribution >= 0.6 is 0 Å². The Morgan fingerprint density at radius 3 is 2.73 bits per heavy atom. The van der Waals surface area contributed by atoms with Gasteiger partial charge in [0.05, 0.1) is 17.8 Å². The number of nitrogens with zero attached hydrogens (tertiary/aromatic N) is 7. The Kier molecular flexibility index (Phi) is 5.45. The maximum absolute atomic E-state index is 15.1. The van der Waals surface area contributed by atoms with E-state index in [1.807, 2.05) is 18.3 Å². The summed E-state index contributed by atoms with van der Waals surface area (Å²) in [5.74, 6) is 0.537. The molecule has 3 aromatic heterocycles. The van der Waals surface area contributed by atoms with E-state index in [1.165, 1.54) is 6.07 Å². The van der Waals surface area contributed by atoms with Crippen molar-refractivity contribution in [1.82, 2.24) is 34.3 Å². The van der Waals surface area contributed by atoms with Gasteiger partial charge in [-0.3, -0.25) is 9.80 Å². The van der Waals surface area contributed by atoms with E-state index in [9.17, 15) is 9.50 Å². The number of aromatic nitrogens is 5. The fourth-order valence-electron chi connectivity index (χ4n) is 6.91. The Balaban J connectivity index is 1.01. The van der Waals surface area contributed by atoms with Crippen LogP contribution in [0.3, 0.4) is 0 Å². The highest BCUT2D eigenvalue weighted by molar-refractivity contribution is 5.83. The van der Waals surface area contributed by atoms with Crippen molar-refractivity contribution in [1.29, 1.82) is 0 Å². The Bertz CT molecular complexity index is 1620. The molecule has 2 saturated heterocycles. The molecule has 8 rings (SSSR count). The van der Waals surface area contributed by atoms with Gasteiger partial charge in [-0.05, 0) is 49.4 Å². The topological polar surface area (TPSA) is 95.2 Å². The van der Waals surface area contributed by atoms with Crippen LogP contribution in [-0.4, -0.2) is 77.7 Å². The number of rotatable bonds is 5. The van der Waals surface area contributed by atoms with Crippen molar-refractivity contribution in [3.05, 3.63) is 59.7 Å². The van der Waals surface area contributed by atoms with Crippen LogP contribution in [0.15, 0.2) is 36.7 Å². The third-order valence-corrected chi connectivity index (χ3v) is 9.07. The summed E-state index contributed by atoms with van der Waals surface area (Å²) < 4.78 is 32.2. The average Bonchev–Trinajstić information content (AvgIpc) is 3.28. The van der Waals surface area contributed by atoms with Gasteiger partial charge in [0.25, 0.3) is 0 Å². The summed E-state index contributed by atoms with van der Waals surface area (Å²) in [6, 6.07) is 7.38. The zero-order valence-electron chi connectivity index (χ0n) is 22.0. The molecule has 11 heteroatoms. The standard InChI is InChI=1S/C29H30F2N8O/c30-21-9-18(10-23-27(21)35-25-3-4-29(5-6-29)39(23)25)26-22(31)13-33-28(36-26)34-24-2-1-17(12-32-24)14-37-7-8-38-16-20(40)11-19(38)15-37/h1-2,9-10,12-13,19-20,40H,3-8,11,14-16H2,(H,32,33,34,36)/t19-,20+/m0/s1. The first-order chi connectivity index (χ1) is 19.4. The molecule has 40 heavy (non-hydrogen) atoms. The van der Waals surface area contributed by atoms with Gasteiger partial charge >= 0.3 is 0 Å². The predicted octanol–water partition coefficient (Wildman–Crippen LogP) is 3.60. The second-order valence-electron chi connectivity index (χ2n) is 11.8. The Morgan fingerprint density at radius 1 is 1.00 bits per heavy atom. The molecule has 9 nitrogen and oxygen atoms in total. The number of nitrogens with one attached hydrogen (secondary N) is 1. The van der Waals surface area contributed by atoms with Gasteiger partial charge in [0.1, 0.15) is 22.9 Å². The Hall–Kier alpha value is -3.54. The van der Waals surface area contributed by atoms with Gasteiger partial charge in [-0.25, -0.2) is 28.7 Å².